The molecule has 1 fully saturated rings. The fourth-order valence-corrected chi connectivity index (χ4v) is 4.14. The molecule has 0 aliphatic carbocycles. The Kier molecular flexibility index (Phi) is 4.17. The van der Waals surface area contributed by atoms with E-state index >= 15 is 0 Å². The number of imidazole rings is 1. The molecule has 1 amide bonds. The van der Waals surface area contributed by atoms with Crippen LogP contribution in [0.15, 0.2) is 24.5 Å². The molecule has 4 rings (SSSR count). The highest BCUT2D eigenvalue weighted by Gasteiger charge is 2.22. The van der Waals surface area contributed by atoms with E-state index in [-0.39, 0.29) is 5.91 Å². The summed E-state index contributed by atoms with van der Waals surface area (Å²) >= 11 is 1.69. The highest BCUT2D eigenvalue weighted by molar-refractivity contribution is 7.17. The number of rotatable bonds is 4. The maximum atomic E-state index is 12.7. The summed E-state index contributed by atoms with van der Waals surface area (Å²) < 4.78 is 2.12. The van der Waals surface area contributed by atoms with E-state index < -0.39 is 0 Å². The highest BCUT2D eigenvalue weighted by Crippen LogP contribution is 2.23. The maximum absolute atomic E-state index is 12.7. The van der Waals surface area contributed by atoms with Gasteiger partial charge in [0.15, 0.2) is 4.96 Å². The van der Waals surface area contributed by atoms with E-state index in [9.17, 15) is 4.79 Å². The van der Waals surface area contributed by atoms with Crippen LogP contribution in [0.5, 0.6) is 0 Å². The Balaban J connectivity index is 1.53. The van der Waals surface area contributed by atoms with Gasteiger partial charge < -0.3 is 10.2 Å². The second-order valence-electron chi connectivity index (χ2n) is 6.38. The Morgan fingerprint density at radius 2 is 2.12 bits per heavy atom. The number of amides is 1. The predicted molar refractivity (Wildman–Crippen MR) is 99.2 cm³/mol. The van der Waals surface area contributed by atoms with Crippen LogP contribution in [0.4, 0.5) is 5.82 Å². The van der Waals surface area contributed by atoms with E-state index in [1.807, 2.05) is 23.2 Å². The van der Waals surface area contributed by atoms with Crippen molar-refractivity contribution in [1.29, 1.82) is 0 Å². The number of nitrogens with zero attached hydrogens (tertiary/aromatic N) is 4. The summed E-state index contributed by atoms with van der Waals surface area (Å²) in [5, 5.41) is 3.29. The van der Waals surface area contributed by atoms with Crippen molar-refractivity contribution in [3.8, 4) is 0 Å². The molecule has 3 aromatic heterocycles. The van der Waals surface area contributed by atoms with Gasteiger partial charge in [0.1, 0.15) is 5.82 Å². The Hall–Kier alpha value is -2.41. The van der Waals surface area contributed by atoms with Crippen molar-refractivity contribution in [3.05, 3.63) is 46.4 Å². The number of aryl methyl sites for hydroxylation is 2. The summed E-state index contributed by atoms with van der Waals surface area (Å²) in [5.41, 5.74) is 2.80. The van der Waals surface area contributed by atoms with Crippen LogP contribution >= 0.6 is 11.3 Å². The number of pyridine rings is 1. The first kappa shape index (κ1) is 16.1. The van der Waals surface area contributed by atoms with Crippen molar-refractivity contribution in [2.24, 2.45) is 0 Å². The molecule has 0 bridgehead atoms. The number of nitrogens with one attached hydrogen (secondary N) is 1. The van der Waals surface area contributed by atoms with Gasteiger partial charge in [-0.2, -0.15) is 0 Å². The van der Waals surface area contributed by atoms with Gasteiger partial charge in [-0.3, -0.25) is 9.20 Å². The lowest BCUT2D eigenvalue weighted by Gasteiger charge is -2.17. The SMILES string of the molecule is Cc1sc2nc(CNc3ncccc3C(=O)N3CCCC3)cn2c1C. The molecule has 1 N–H and O–H groups in total. The molecule has 0 unspecified atom stereocenters. The monoisotopic (exact) mass is 355 g/mol. The molecule has 130 valence electrons. The minimum Gasteiger partial charge on any atom is -0.364 e. The first-order valence-electron chi connectivity index (χ1n) is 8.55. The zero-order chi connectivity index (χ0) is 17.4. The van der Waals surface area contributed by atoms with E-state index in [4.69, 9.17) is 0 Å². The summed E-state index contributed by atoms with van der Waals surface area (Å²) in [6.45, 7) is 6.43. The molecule has 0 atom stereocenters. The number of carbonyl (C=O) groups is 1. The first-order chi connectivity index (χ1) is 12.1. The molecule has 4 heterocycles. The molecule has 3 aromatic rings. The number of likely N-dealkylation sites (tertiary alicyclic amines) is 1. The minimum absolute atomic E-state index is 0.0605. The van der Waals surface area contributed by atoms with Crippen LogP contribution in [-0.2, 0) is 6.54 Å². The van der Waals surface area contributed by atoms with Crippen molar-refractivity contribution in [2.45, 2.75) is 33.2 Å². The van der Waals surface area contributed by atoms with E-state index in [0.717, 1.165) is 36.6 Å². The quantitative estimate of drug-likeness (QED) is 0.780. The Bertz CT molecular complexity index is 923. The van der Waals surface area contributed by atoms with Crippen LogP contribution in [0.25, 0.3) is 4.96 Å². The average Bonchev–Trinajstić information content (AvgIpc) is 3.33. The topological polar surface area (TPSA) is 62.5 Å². The van der Waals surface area contributed by atoms with Crippen molar-refractivity contribution < 1.29 is 4.79 Å². The van der Waals surface area contributed by atoms with E-state index in [1.54, 1.807) is 17.5 Å². The second-order valence-corrected chi connectivity index (χ2v) is 7.56. The molecule has 7 heteroatoms. The molecule has 25 heavy (non-hydrogen) atoms. The molecular weight excluding hydrogens is 334 g/mol. The number of fused-ring (bicyclic) bond motifs is 1. The molecule has 1 aliphatic rings. The largest absolute Gasteiger partial charge is 0.364 e. The van der Waals surface area contributed by atoms with Gasteiger partial charge in [0.25, 0.3) is 5.91 Å². The van der Waals surface area contributed by atoms with Gasteiger partial charge in [-0.05, 0) is 38.8 Å². The van der Waals surface area contributed by atoms with Crippen LogP contribution in [0, 0.1) is 13.8 Å². The summed E-state index contributed by atoms with van der Waals surface area (Å²) in [7, 11) is 0. The van der Waals surface area contributed by atoms with Crippen LogP contribution in [0.1, 0.15) is 39.5 Å². The lowest BCUT2D eigenvalue weighted by molar-refractivity contribution is 0.0793. The van der Waals surface area contributed by atoms with Gasteiger partial charge in [0.05, 0.1) is 17.8 Å². The van der Waals surface area contributed by atoms with E-state index in [0.29, 0.717) is 17.9 Å². The van der Waals surface area contributed by atoms with Gasteiger partial charge in [-0.25, -0.2) is 9.97 Å². The third kappa shape index (κ3) is 3.00. The number of thiazole rings is 1. The Labute approximate surface area is 150 Å². The van der Waals surface area contributed by atoms with E-state index in [1.165, 1.54) is 10.6 Å². The molecule has 1 aliphatic heterocycles. The van der Waals surface area contributed by atoms with Crippen molar-refractivity contribution in [2.75, 3.05) is 18.4 Å². The van der Waals surface area contributed by atoms with Crippen molar-refractivity contribution in [3.63, 3.8) is 0 Å². The molecule has 1 saturated heterocycles. The molecular formula is C18H21N5OS. The van der Waals surface area contributed by atoms with Crippen molar-refractivity contribution >= 4 is 28.0 Å². The number of carbonyl (C=O) groups excluding carboxylic acids is 1. The fourth-order valence-electron chi connectivity index (χ4n) is 3.17. The summed E-state index contributed by atoms with van der Waals surface area (Å²) in [6, 6.07) is 3.66. The number of hydrogen-bond acceptors (Lipinski definition) is 5. The Morgan fingerprint density at radius 3 is 2.88 bits per heavy atom. The standard InChI is InChI=1S/C18H21N5OS/c1-12-13(2)25-18-21-14(11-23(12)18)10-20-16-15(6-5-7-19-16)17(24)22-8-3-4-9-22/h5-7,11H,3-4,8-10H2,1-2H3,(H,19,20). The van der Waals surface area contributed by atoms with Crippen LogP contribution in [-0.4, -0.2) is 38.3 Å². The smallest absolute Gasteiger partial charge is 0.257 e. The zero-order valence-electron chi connectivity index (χ0n) is 14.5. The van der Waals surface area contributed by atoms with Crippen LogP contribution in [0.2, 0.25) is 0 Å². The number of hydrogen-bond donors (Lipinski definition) is 1. The molecule has 0 aromatic carbocycles. The van der Waals surface area contributed by atoms with Gasteiger partial charge in [-0.15, -0.1) is 11.3 Å². The van der Waals surface area contributed by atoms with Gasteiger partial charge in [-0.1, -0.05) is 0 Å². The highest BCUT2D eigenvalue weighted by atomic mass is 32.1. The normalized spacial score (nSPS) is 14.4. The lowest BCUT2D eigenvalue weighted by atomic mass is 10.2. The second kappa shape index (κ2) is 6.48. The number of aromatic nitrogens is 3. The minimum atomic E-state index is 0.0605. The Morgan fingerprint density at radius 1 is 1.32 bits per heavy atom. The fraction of sp³-hybridized carbons (Fsp3) is 0.389. The average molecular weight is 355 g/mol. The van der Waals surface area contributed by atoms with Crippen LogP contribution in [0.3, 0.4) is 0 Å². The zero-order valence-corrected chi connectivity index (χ0v) is 15.3. The van der Waals surface area contributed by atoms with Gasteiger partial charge in [0.2, 0.25) is 0 Å². The van der Waals surface area contributed by atoms with Gasteiger partial charge in [0, 0.05) is 36.1 Å². The third-order valence-corrected chi connectivity index (χ3v) is 5.78. The number of anilines is 1. The van der Waals surface area contributed by atoms with E-state index in [2.05, 4.69) is 33.5 Å². The van der Waals surface area contributed by atoms with Crippen molar-refractivity contribution in [1.82, 2.24) is 19.3 Å². The summed E-state index contributed by atoms with van der Waals surface area (Å²) in [6.07, 6.45) is 5.92. The summed E-state index contributed by atoms with van der Waals surface area (Å²) in [4.78, 5) is 25.9. The molecule has 0 spiro atoms. The first-order valence-corrected chi connectivity index (χ1v) is 9.37. The molecule has 0 saturated carbocycles. The third-order valence-electron chi connectivity index (χ3n) is 4.71. The van der Waals surface area contributed by atoms with Gasteiger partial charge >= 0.3 is 0 Å². The predicted octanol–water partition coefficient (Wildman–Crippen LogP) is 3.26. The maximum Gasteiger partial charge on any atom is 0.257 e. The molecule has 6 nitrogen and oxygen atoms in total. The summed E-state index contributed by atoms with van der Waals surface area (Å²) in [5.74, 6) is 0.689. The lowest BCUT2D eigenvalue weighted by Crippen LogP contribution is -2.28. The van der Waals surface area contributed by atoms with Crippen LogP contribution < -0.4 is 5.32 Å². The molecule has 0 radical (unpaired) electrons.